The van der Waals surface area contributed by atoms with E-state index in [4.69, 9.17) is 28.4 Å². The zero-order valence-corrected chi connectivity index (χ0v) is 19.8. The van der Waals surface area contributed by atoms with E-state index in [2.05, 4.69) is 0 Å². The van der Waals surface area contributed by atoms with E-state index in [-0.39, 0.29) is 6.79 Å². The fourth-order valence-corrected chi connectivity index (χ4v) is 2.95. The molecule has 10 heteroatoms. The van der Waals surface area contributed by atoms with Crippen molar-refractivity contribution in [2.75, 3.05) is 13.9 Å². The number of esters is 3. The highest BCUT2D eigenvalue weighted by atomic mass is 16.7. The van der Waals surface area contributed by atoms with Gasteiger partial charge in [-0.3, -0.25) is 4.79 Å². The third kappa shape index (κ3) is 5.95. The lowest BCUT2D eigenvalue weighted by molar-refractivity contribution is -0.192. The van der Waals surface area contributed by atoms with Crippen molar-refractivity contribution in [3.63, 3.8) is 0 Å². The molecule has 0 bridgehead atoms. The van der Waals surface area contributed by atoms with Gasteiger partial charge in [0.25, 0.3) is 0 Å². The molecule has 0 saturated carbocycles. The second kappa shape index (κ2) is 10.6. The number of hydrogen-bond acceptors (Lipinski definition) is 10. The van der Waals surface area contributed by atoms with Gasteiger partial charge in [-0.2, -0.15) is 0 Å². The highest BCUT2D eigenvalue weighted by Gasteiger charge is 2.43. The fourth-order valence-electron chi connectivity index (χ4n) is 2.95. The summed E-state index contributed by atoms with van der Waals surface area (Å²) in [6, 6.07) is 3.18. The zero-order chi connectivity index (χ0) is 24.9. The molecule has 1 aliphatic rings. The zero-order valence-electron chi connectivity index (χ0n) is 19.8. The molecule has 0 spiro atoms. The summed E-state index contributed by atoms with van der Waals surface area (Å²) >= 11 is 0. The van der Waals surface area contributed by atoms with Crippen LogP contribution in [0.5, 0.6) is 17.2 Å². The largest absolute Gasteiger partial charge is 0.493 e. The minimum absolute atomic E-state index is 0.00126. The molecule has 182 valence electrons. The van der Waals surface area contributed by atoms with E-state index in [0.717, 1.165) is 6.92 Å². The van der Waals surface area contributed by atoms with Crippen molar-refractivity contribution in [2.45, 2.75) is 65.5 Å². The summed E-state index contributed by atoms with van der Waals surface area (Å²) in [5, 5.41) is 10.6. The average Bonchev–Trinajstić information content (AvgIpc) is 3.23. The van der Waals surface area contributed by atoms with Gasteiger partial charge in [0, 0.05) is 18.1 Å². The second-order valence-corrected chi connectivity index (χ2v) is 7.76. The van der Waals surface area contributed by atoms with Gasteiger partial charge >= 0.3 is 17.9 Å². The van der Waals surface area contributed by atoms with E-state index in [1.54, 1.807) is 32.1 Å². The highest BCUT2D eigenvalue weighted by molar-refractivity contribution is 5.88. The molecule has 1 N–H and O–H groups in total. The maximum absolute atomic E-state index is 12.7. The molecule has 0 amide bonds. The first-order chi connectivity index (χ1) is 15.4. The van der Waals surface area contributed by atoms with Gasteiger partial charge < -0.3 is 33.5 Å². The van der Waals surface area contributed by atoms with E-state index >= 15 is 0 Å². The van der Waals surface area contributed by atoms with Gasteiger partial charge in [0.15, 0.2) is 23.2 Å². The van der Waals surface area contributed by atoms with Gasteiger partial charge in [-0.25, -0.2) is 9.59 Å². The minimum atomic E-state index is -2.14. The van der Waals surface area contributed by atoms with Gasteiger partial charge in [0.2, 0.25) is 12.5 Å². The second-order valence-electron chi connectivity index (χ2n) is 7.76. The van der Waals surface area contributed by atoms with Gasteiger partial charge in [-0.1, -0.05) is 6.08 Å². The number of carbonyl (C=O) groups excluding carboxylic acids is 3. The number of methoxy groups -OCH3 is 1. The Hall–Kier alpha value is -3.27. The lowest BCUT2D eigenvalue weighted by Gasteiger charge is -2.31. The van der Waals surface area contributed by atoms with Crippen LogP contribution >= 0.6 is 0 Å². The monoisotopic (exact) mass is 466 g/mol. The first kappa shape index (κ1) is 26.0. The molecular weight excluding hydrogens is 436 g/mol. The van der Waals surface area contributed by atoms with Crippen LogP contribution in [0.25, 0.3) is 0 Å². The summed E-state index contributed by atoms with van der Waals surface area (Å²) < 4.78 is 32.2. The highest BCUT2D eigenvalue weighted by Crippen LogP contribution is 2.44. The number of ether oxygens (including phenoxy) is 6. The average molecular weight is 466 g/mol. The molecule has 2 rings (SSSR count). The molecule has 0 fully saturated rings. The van der Waals surface area contributed by atoms with Crippen LogP contribution < -0.4 is 14.2 Å². The summed E-state index contributed by atoms with van der Waals surface area (Å²) in [5.41, 5.74) is -1.37. The molecule has 10 nitrogen and oxygen atoms in total. The van der Waals surface area contributed by atoms with Crippen molar-refractivity contribution in [1.82, 2.24) is 0 Å². The minimum Gasteiger partial charge on any atom is -0.493 e. The van der Waals surface area contributed by atoms with Crippen LogP contribution in [-0.4, -0.2) is 54.7 Å². The van der Waals surface area contributed by atoms with Crippen LogP contribution in [0, 0.1) is 0 Å². The quantitative estimate of drug-likeness (QED) is 0.330. The number of carbonyl (C=O) groups is 3. The maximum atomic E-state index is 12.7. The number of rotatable bonds is 9. The molecular formula is C23H30O10. The Bertz CT molecular complexity index is 933. The molecule has 33 heavy (non-hydrogen) atoms. The number of benzene rings is 1. The van der Waals surface area contributed by atoms with E-state index in [1.807, 2.05) is 0 Å². The Balaban J connectivity index is 2.37. The molecule has 1 aliphatic heterocycles. The third-order valence-corrected chi connectivity index (χ3v) is 5.27. The Labute approximate surface area is 192 Å². The van der Waals surface area contributed by atoms with E-state index < -0.39 is 41.8 Å². The van der Waals surface area contributed by atoms with Crippen molar-refractivity contribution in [2.24, 2.45) is 0 Å². The SMILES string of the molecule is C/C=C(/C)C(=O)O[C@@H](c1cc(OC)c2c(c1)OCO2)[C@@H](C)OC(=O)[C@](C)(O)[C@H](C)OC(C)=O. The predicted octanol–water partition coefficient (Wildman–Crippen LogP) is 2.61. The van der Waals surface area contributed by atoms with Gasteiger partial charge in [-0.05, 0) is 46.8 Å². The van der Waals surface area contributed by atoms with E-state index in [0.29, 0.717) is 28.4 Å². The number of fused-ring (bicyclic) bond motifs is 1. The normalized spacial score (nSPS) is 17.3. The Morgan fingerprint density at radius 3 is 2.36 bits per heavy atom. The van der Waals surface area contributed by atoms with Crippen LogP contribution in [-0.2, 0) is 28.6 Å². The molecule has 0 radical (unpaired) electrons. The number of allylic oxidation sites excluding steroid dienone is 1. The number of hydrogen-bond donors (Lipinski definition) is 1. The molecule has 0 aromatic heterocycles. The molecule has 4 atom stereocenters. The van der Waals surface area contributed by atoms with Crippen LogP contribution in [0.15, 0.2) is 23.8 Å². The topological polar surface area (TPSA) is 127 Å². The van der Waals surface area contributed by atoms with Crippen molar-refractivity contribution in [1.29, 1.82) is 0 Å². The molecule has 0 aliphatic carbocycles. The van der Waals surface area contributed by atoms with Crippen LogP contribution in [0.4, 0.5) is 0 Å². The molecule has 0 saturated heterocycles. The number of aliphatic hydroxyl groups is 1. The van der Waals surface area contributed by atoms with E-state index in [9.17, 15) is 19.5 Å². The molecule has 0 unspecified atom stereocenters. The van der Waals surface area contributed by atoms with Gasteiger partial charge in [-0.15, -0.1) is 0 Å². The predicted molar refractivity (Wildman–Crippen MR) is 115 cm³/mol. The molecule has 1 aromatic carbocycles. The van der Waals surface area contributed by atoms with Crippen LogP contribution in [0.2, 0.25) is 0 Å². The first-order valence-corrected chi connectivity index (χ1v) is 10.3. The van der Waals surface area contributed by atoms with Crippen LogP contribution in [0.3, 0.4) is 0 Å². The summed E-state index contributed by atoms with van der Waals surface area (Å²) in [5.74, 6) is -1.22. The third-order valence-electron chi connectivity index (χ3n) is 5.27. The summed E-state index contributed by atoms with van der Waals surface area (Å²) in [6.45, 7) is 8.47. The smallest absolute Gasteiger partial charge is 0.342 e. The van der Waals surface area contributed by atoms with Crippen molar-refractivity contribution >= 4 is 17.9 Å². The Morgan fingerprint density at radius 1 is 1.12 bits per heavy atom. The maximum Gasteiger partial charge on any atom is 0.342 e. The van der Waals surface area contributed by atoms with Gasteiger partial charge in [0.1, 0.15) is 12.2 Å². The summed E-state index contributed by atoms with van der Waals surface area (Å²) in [6.07, 6.45) is -1.72. The van der Waals surface area contributed by atoms with Gasteiger partial charge in [0.05, 0.1) is 7.11 Å². The lowest BCUT2D eigenvalue weighted by atomic mass is 9.99. The first-order valence-electron chi connectivity index (χ1n) is 10.3. The summed E-state index contributed by atoms with van der Waals surface area (Å²) in [7, 11) is 1.45. The van der Waals surface area contributed by atoms with Crippen molar-refractivity contribution in [3.8, 4) is 17.2 Å². The Morgan fingerprint density at radius 2 is 1.79 bits per heavy atom. The molecule has 1 heterocycles. The summed E-state index contributed by atoms with van der Waals surface area (Å²) in [4.78, 5) is 36.5. The molecule has 1 aromatic rings. The van der Waals surface area contributed by atoms with Crippen LogP contribution in [0.1, 0.15) is 53.2 Å². The fraction of sp³-hybridized carbons (Fsp3) is 0.522. The lowest BCUT2D eigenvalue weighted by Crippen LogP contribution is -2.49. The Kier molecular flexibility index (Phi) is 8.32. The van der Waals surface area contributed by atoms with E-state index in [1.165, 1.54) is 27.9 Å². The van der Waals surface area contributed by atoms with Crippen molar-refractivity contribution in [3.05, 3.63) is 29.3 Å². The standard InChI is InChI=1S/C23H30O10/c1-8-12(2)21(25)33-19(16-9-17(28-7)20-18(10-16)29-11-30-20)13(3)31-22(26)23(6,27)14(4)32-15(5)24/h8-10,13-14,19,27H,11H2,1-7H3/b12-8-/t13-,14+,19-,23-/m1/s1. The van der Waals surface area contributed by atoms with Crippen molar-refractivity contribution < 1.29 is 47.9 Å².